The Kier molecular flexibility index (Phi) is 12.5. The molecule has 0 aromatic heterocycles. The van der Waals surface area contributed by atoms with Gasteiger partial charge in [-0.15, -0.1) is 0 Å². The number of para-hydroxylation sites is 1. The van der Waals surface area contributed by atoms with E-state index in [0.717, 1.165) is 24.2 Å². The summed E-state index contributed by atoms with van der Waals surface area (Å²) in [6.07, 6.45) is 1.74. The van der Waals surface area contributed by atoms with Gasteiger partial charge in [-0.3, -0.25) is 0 Å². The molecule has 87 heavy (non-hydrogen) atoms. The Labute approximate surface area is 516 Å². The van der Waals surface area contributed by atoms with Gasteiger partial charge in [-0.1, -0.05) is 263 Å². The highest BCUT2D eigenvalue weighted by atomic mass is 15.3. The van der Waals surface area contributed by atoms with E-state index in [1.165, 1.54) is 123 Å². The van der Waals surface area contributed by atoms with E-state index in [9.17, 15) is 0 Å². The van der Waals surface area contributed by atoms with Gasteiger partial charge in [0, 0.05) is 50.7 Å². The third kappa shape index (κ3) is 8.60. The van der Waals surface area contributed by atoms with Crippen molar-refractivity contribution in [3.63, 3.8) is 0 Å². The summed E-state index contributed by atoms with van der Waals surface area (Å²) in [6, 6.07) is 98.1. The monoisotopic (exact) mass is 1130 g/mol. The molecule has 11 aromatic rings. The molecule has 0 saturated carbocycles. The van der Waals surface area contributed by atoms with Crippen molar-refractivity contribution in [1.29, 1.82) is 0 Å². The van der Waals surface area contributed by atoms with Crippen molar-refractivity contribution in [1.82, 2.24) is 0 Å². The van der Waals surface area contributed by atoms with E-state index in [0.29, 0.717) is 0 Å². The van der Waals surface area contributed by atoms with Crippen molar-refractivity contribution in [2.75, 3.05) is 14.7 Å². The molecule has 2 atom stereocenters. The Morgan fingerprint density at radius 1 is 0.345 bits per heavy atom. The number of hydrogen-bond donors (Lipinski definition) is 0. The van der Waals surface area contributed by atoms with Crippen LogP contribution in [0.25, 0.3) is 33.4 Å². The molecule has 15 rings (SSSR count). The molecule has 0 spiro atoms. The van der Waals surface area contributed by atoms with Crippen LogP contribution >= 0.6 is 0 Å². The Morgan fingerprint density at radius 3 is 1.30 bits per heavy atom. The first-order valence-corrected chi connectivity index (χ1v) is 31.4. The van der Waals surface area contributed by atoms with Crippen molar-refractivity contribution in [3.8, 4) is 33.4 Å². The fourth-order valence-corrected chi connectivity index (χ4v) is 15.6. The second-order valence-electron chi connectivity index (χ2n) is 28.4. The molecular weight excluding hydrogens is 1050 g/mol. The van der Waals surface area contributed by atoms with E-state index in [1.54, 1.807) is 0 Å². The molecule has 3 aliphatic heterocycles. The van der Waals surface area contributed by atoms with Crippen LogP contribution in [-0.4, -0.2) is 12.3 Å². The van der Waals surface area contributed by atoms with E-state index in [4.69, 9.17) is 0 Å². The van der Waals surface area contributed by atoms with Crippen molar-refractivity contribution in [2.45, 2.75) is 109 Å². The number of fused-ring (bicyclic) bond motifs is 8. The highest BCUT2D eigenvalue weighted by Gasteiger charge is 2.62. The first kappa shape index (κ1) is 54.5. The number of hydrogen-bond acceptors (Lipinski definition) is 3. The molecule has 0 N–H and O–H groups in total. The zero-order valence-corrected chi connectivity index (χ0v) is 52.1. The fraction of sp³-hybridized carbons (Fsp3) is 0.205. The molecular formula is C83H76BN3. The predicted molar refractivity (Wildman–Crippen MR) is 371 cm³/mol. The molecule has 426 valence electrons. The van der Waals surface area contributed by atoms with Crippen molar-refractivity contribution < 1.29 is 0 Å². The zero-order valence-electron chi connectivity index (χ0n) is 52.1. The van der Waals surface area contributed by atoms with Crippen LogP contribution in [0.15, 0.2) is 255 Å². The van der Waals surface area contributed by atoms with Gasteiger partial charge < -0.3 is 14.7 Å². The quantitative estimate of drug-likeness (QED) is 0.147. The smallest absolute Gasteiger partial charge is 0.252 e. The second kappa shape index (κ2) is 20.0. The van der Waals surface area contributed by atoms with Crippen LogP contribution in [0.5, 0.6) is 0 Å². The van der Waals surface area contributed by atoms with Crippen LogP contribution in [0.3, 0.4) is 0 Å². The van der Waals surface area contributed by atoms with Crippen LogP contribution in [-0.2, 0) is 34.5 Å². The fourth-order valence-electron chi connectivity index (χ4n) is 15.6. The van der Waals surface area contributed by atoms with Gasteiger partial charge in [0.25, 0.3) is 6.71 Å². The molecule has 4 heteroatoms. The lowest BCUT2D eigenvalue weighted by Crippen LogP contribution is -2.62. The molecule has 0 saturated heterocycles. The van der Waals surface area contributed by atoms with Gasteiger partial charge in [0.1, 0.15) is 0 Å². The highest BCUT2D eigenvalue weighted by molar-refractivity contribution is 7.00. The van der Waals surface area contributed by atoms with E-state index in [-0.39, 0.29) is 23.0 Å². The molecule has 3 nitrogen and oxygen atoms in total. The van der Waals surface area contributed by atoms with E-state index < -0.39 is 11.0 Å². The Hall–Kier alpha value is -9.12. The average Bonchev–Trinajstić information content (AvgIpc) is 1.61. The van der Waals surface area contributed by atoms with Gasteiger partial charge in [-0.05, 0) is 168 Å². The van der Waals surface area contributed by atoms with Crippen LogP contribution in [0.4, 0.5) is 45.5 Å². The maximum Gasteiger partial charge on any atom is 0.252 e. The molecule has 0 radical (unpaired) electrons. The minimum Gasteiger partial charge on any atom is -0.334 e. The van der Waals surface area contributed by atoms with Crippen LogP contribution < -0.4 is 31.1 Å². The first-order chi connectivity index (χ1) is 41.9. The molecule has 0 bridgehead atoms. The van der Waals surface area contributed by atoms with Crippen LogP contribution in [0, 0.1) is 0 Å². The number of benzene rings is 11. The van der Waals surface area contributed by atoms with Crippen LogP contribution in [0.1, 0.15) is 108 Å². The highest BCUT2D eigenvalue weighted by Crippen LogP contribution is 2.63. The van der Waals surface area contributed by atoms with Gasteiger partial charge in [0.2, 0.25) is 0 Å². The summed E-state index contributed by atoms with van der Waals surface area (Å²) in [5.74, 6) is 0. The topological polar surface area (TPSA) is 9.72 Å². The summed E-state index contributed by atoms with van der Waals surface area (Å²) in [5, 5.41) is 0. The largest absolute Gasteiger partial charge is 0.334 e. The maximum atomic E-state index is 2.81. The lowest BCUT2D eigenvalue weighted by atomic mass is 9.33. The Bertz CT molecular complexity index is 4470. The molecule has 0 amide bonds. The van der Waals surface area contributed by atoms with Gasteiger partial charge in [-0.25, -0.2) is 0 Å². The van der Waals surface area contributed by atoms with Crippen LogP contribution in [0.2, 0.25) is 0 Å². The third-order valence-corrected chi connectivity index (χ3v) is 20.1. The number of nitrogens with zero attached hydrogens (tertiary/aromatic N) is 3. The summed E-state index contributed by atoms with van der Waals surface area (Å²) >= 11 is 0. The lowest BCUT2D eigenvalue weighted by Gasteiger charge is -2.53. The number of rotatable bonds is 7. The van der Waals surface area contributed by atoms with E-state index >= 15 is 0 Å². The molecule has 11 aromatic carbocycles. The third-order valence-electron chi connectivity index (χ3n) is 20.1. The van der Waals surface area contributed by atoms with E-state index in [2.05, 4.69) is 339 Å². The number of anilines is 8. The molecule has 2 unspecified atom stereocenters. The van der Waals surface area contributed by atoms with Crippen molar-refractivity contribution >= 4 is 68.6 Å². The summed E-state index contributed by atoms with van der Waals surface area (Å²) in [4.78, 5) is 8.17. The average molecular weight is 1130 g/mol. The van der Waals surface area contributed by atoms with Gasteiger partial charge in [0.05, 0.1) is 16.9 Å². The Morgan fingerprint density at radius 2 is 0.770 bits per heavy atom. The first-order valence-electron chi connectivity index (χ1n) is 31.4. The predicted octanol–water partition coefficient (Wildman–Crippen LogP) is 19.7. The van der Waals surface area contributed by atoms with Gasteiger partial charge in [-0.2, -0.15) is 0 Å². The molecule has 0 fully saturated rings. The molecule has 3 heterocycles. The summed E-state index contributed by atoms with van der Waals surface area (Å²) < 4.78 is 0. The molecule has 1 aliphatic carbocycles. The van der Waals surface area contributed by atoms with E-state index in [1.807, 2.05) is 0 Å². The van der Waals surface area contributed by atoms with Crippen molar-refractivity contribution in [3.05, 3.63) is 294 Å². The maximum absolute atomic E-state index is 2.81. The standard InChI is InChI=1S/C83H76BN3/c1-79(2,3)62-40-44-71(66(48-62)56-29-17-12-18-30-56)85-74-43-39-58(55-27-15-11-16-28-55)47-69(74)84-70-50-64(81(7,8)9)42-46-75(70)86(72-45-41-63(80(4,5)6)49-67(72)57-31-19-13-20-32-57)77-52-65(51-76(85)78(77)84)87-73-38-26-25-37-68(73)83(61-35-21-14-22-36-61)54-60-34-24-23-33-59(60)53-82(83,87)10/h11-52H,53-54H2,1-10H3. The van der Waals surface area contributed by atoms with Gasteiger partial charge >= 0.3 is 0 Å². The normalized spacial score (nSPS) is 17.4. The second-order valence-corrected chi connectivity index (χ2v) is 28.4. The lowest BCUT2D eigenvalue weighted by molar-refractivity contribution is 0.281. The zero-order chi connectivity index (χ0) is 59.8. The Balaban J connectivity index is 1.12. The SMILES string of the molecule is CC(C)(C)c1ccc2c(c1)B1c3cc(-c4ccccc4)ccc3N(c3ccc(C(C)(C)C)cc3-c3ccccc3)c3cc(N4c5ccccc5C5(c6ccccc6)Cc6ccccc6CC45C)cc(c31)N2c1ccc(C(C)(C)C)cc1-c1ccccc1. The summed E-state index contributed by atoms with van der Waals surface area (Å²) in [5.41, 5.74) is 29.0. The summed E-state index contributed by atoms with van der Waals surface area (Å²) in [7, 11) is 0. The summed E-state index contributed by atoms with van der Waals surface area (Å²) in [6.45, 7) is 23.6. The van der Waals surface area contributed by atoms with Gasteiger partial charge in [0.15, 0.2) is 0 Å². The van der Waals surface area contributed by atoms with Crippen molar-refractivity contribution in [2.24, 2.45) is 0 Å². The molecule has 4 aliphatic rings. The minimum atomic E-state index is -0.457. The minimum absolute atomic E-state index is 0.0875.